The summed E-state index contributed by atoms with van der Waals surface area (Å²) in [6.07, 6.45) is 5.18. The molecule has 204 valence electrons. The minimum atomic E-state index is -0.254. The van der Waals surface area contributed by atoms with Crippen LogP contribution >= 0.6 is 19.3 Å². The number of para-hydroxylation sites is 1. The second-order valence-electron chi connectivity index (χ2n) is 10.5. The highest BCUT2D eigenvalue weighted by Gasteiger charge is 2.27. The Hall–Kier alpha value is -2.93. The number of aromatic nitrogens is 2. The summed E-state index contributed by atoms with van der Waals surface area (Å²) < 4.78 is 6.88. The first-order valence-corrected chi connectivity index (χ1v) is 16.9. The molecule has 39 heavy (non-hydrogen) atoms. The molecule has 0 radical (unpaired) electrons. The zero-order valence-corrected chi connectivity index (χ0v) is 24.7. The number of anilines is 5. The van der Waals surface area contributed by atoms with Gasteiger partial charge in [0.05, 0.1) is 23.0 Å². The zero-order chi connectivity index (χ0) is 26.8. The fourth-order valence-electron chi connectivity index (χ4n) is 5.80. The SMILES string of the molecule is COc1cc(N2CCC(N3CCCC3)CC2)ccc1Nc1nc(Nc2ccccc2P(C)C)c2sccc2n1. The van der Waals surface area contributed by atoms with Crippen LogP contribution in [-0.2, 0) is 0 Å². The summed E-state index contributed by atoms with van der Waals surface area (Å²) in [6.45, 7) is 9.28. The van der Waals surface area contributed by atoms with Crippen molar-refractivity contribution in [3.05, 3.63) is 53.9 Å². The lowest BCUT2D eigenvalue weighted by Gasteiger charge is -2.38. The van der Waals surface area contributed by atoms with Crippen molar-refractivity contribution in [1.82, 2.24) is 14.9 Å². The van der Waals surface area contributed by atoms with E-state index < -0.39 is 0 Å². The second-order valence-corrected chi connectivity index (χ2v) is 13.7. The lowest BCUT2D eigenvalue weighted by atomic mass is 10.0. The summed E-state index contributed by atoms with van der Waals surface area (Å²) in [7, 11) is 1.47. The van der Waals surface area contributed by atoms with E-state index >= 15 is 0 Å². The molecule has 0 bridgehead atoms. The maximum Gasteiger partial charge on any atom is 0.229 e. The van der Waals surface area contributed by atoms with Gasteiger partial charge in [0.2, 0.25) is 5.95 Å². The molecule has 2 aromatic heterocycles. The van der Waals surface area contributed by atoms with Gasteiger partial charge in [-0.15, -0.1) is 11.3 Å². The monoisotopic (exact) mass is 560 g/mol. The molecular formula is C30H37N6OPS. The Morgan fingerprint density at radius 1 is 0.923 bits per heavy atom. The van der Waals surface area contributed by atoms with Gasteiger partial charge in [0, 0.05) is 36.6 Å². The predicted octanol–water partition coefficient (Wildman–Crippen LogP) is 6.62. The standard InChI is InChI=1S/C30H37N6OPS/c1-37-26-20-22(36-17-12-21(13-18-36)35-15-6-7-16-35)10-11-23(26)32-30-33-25-14-19-39-28(25)29(34-30)31-24-8-4-5-9-27(24)38(2)3/h4-5,8-11,14,19-21H,6-7,12-13,15-18H2,1-3H3,(H2,31,32,33,34). The molecule has 0 spiro atoms. The van der Waals surface area contributed by atoms with Crippen LogP contribution in [0.15, 0.2) is 53.9 Å². The van der Waals surface area contributed by atoms with Crippen LogP contribution in [0.25, 0.3) is 10.2 Å². The highest BCUT2D eigenvalue weighted by atomic mass is 32.1. The van der Waals surface area contributed by atoms with Crippen molar-refractivity contribution in [1.29, 1.82) is 0 Å². The van der Waals surface area contributed by atoms with Gasteiger partial charge in [0.25, 0.3) is 0 Å². The summed E-state index contributed by atoms with van der Waals surface area (Å²) in [5.41, 5.74) is 4.09. The normalized spacial score (nSPS) is 16.8. The molecule has 7 nitrogen and oxygen atoms in total. The molecule has 0 aliphatic carbocycles. The summed E-state index contributed by atoms with van der Waals surface area (Å²) in [5, 5.41) is 10.4. The number of nitrogens with one attached hydrogen (secondary N) is 2. The molecule has 2 aliphatic heterocycles. The molecule has 6 rings (SSSR count). The number of ether oxygens (including phenoxy) is 1. The van der Waals surface area contributed by atoms with Crippen molar-refractivity contribution in [3.63, 3.8) is 0 Å². The maximum absolute atomic E-state index is 5.83. The first kappa shape index (κ1) is 26.3. The summed E-state index contributed by atoms with van der Waals surface area (Å²) in [5.74, 6) is 2.16. The molecule has 0 unspecified atom stereocenters. The van der Waals surface area contributed by atoms with Gasteiger partial charge in [0.1, 0.15) is 5.75 Å². The second kappa shape index (κ2) is 11.7. The lowest BCUT2D eigenvalue weighted by Crippen LogP contribution is -2.43. The van der Waals surface area contributed by atoms with Crippen LogP contribution in [-0.4, -0.2) is 67.5 Å². The number of hydrogen-bond acceptors (Lipinski definition) is 8. The number of rotatable bonds is 8. The van der Waals surface area contributed by atoms with Crippen molar-refractivity contribution in [2.24, 2.45) is 0 Å². The number of benzene rings is 2. The van der Waals surface area contributed by atoms with Gasteiger partial charge in [-0.1, -0.05) is 26.1 Å². The molecule has 4 aromatic rings. The van der Waals surface area contributed by atoms with Gasteiger partial charge < -0.3 is 25.2 Å². The van der Waals surface area contributed by atoms with E-state index in [0.717, 1.165) is 52.3 Å². The zero-order valence-electron chi connectivity index (χ0n) is 23.0. The number of thiophene rings is 1. The van der Waals surface area contributed by atoms with Crippen LogP contribution in [0, 0.1) is 0 Å². The lowest BCUT2D eigenvalue weighted by molar-refractivity contribution is 0.208. The van der Waals surface area contributed by atoms with Gasteiger partial charge in [0.15, 0.2) is 5.82 Å². The Kier molecular flexibility index (Phi) is 7.87. The third kappa shape index (κ3) is 5.69. The number of likely N-dealkylation sites (tertiary alicyclic amines) is 1. The quantitative estimate of drug-likeness (QED) is 0.235. The van der Waals surface area contributed by atoms with Crippen molar-refractivity contribution in [3.8, 4) is 5.75 Å². The number of fused-ring (bicyclic) bond motifs is 1. The van der Waals surface area contributed by atoms with Crippen LogP contribution in [0.1, 0.15) is 25.7 Å². The molecule has 0 amide bonds. The Labute approximate surface area is 236 Å². The Morgan fingerprint density at radius 3 is 2.49 bits per heavy atom. The summed E-state index contributed by atoms with van der Waals surface area (Å²) >= 11 is 1.65. The minimum Gasteiger partial charge on any atom is -0.494 e. The smallest absolute Gasteiger partial charge is 0.229 e. The molecular weight excluding hydrogens is 523 g/mol. The van der Waals surface area contributed by atoms with Gasteiger partial charge in [-0.2, -0.15) is 4.98 Å². The van der Waals surface area contributed by atoms with Crippen LogP contribution < -0.4 is 25.6 Å². The summed E-state index contributed by atoms with van der Waals surface area (Å²) in [4.78, 5) is 14.9. The average Bonchev–Trinajstić information content (AvgIpc) is 3.67. The Balaban J connectivity index is 1.22. The number of nitrogens with zero attached hydrogens (tertiary/aromatic N) is 4. The van der Waals surface area contributed by atoms with E-state index in [-0.39, 0.29) is 7.92 Å². The van der Waals surface area contributed by atoms with Gasteiger partial charge in [-0.3, -0.25) is 0 Å². The van der Waals surface area contributed by atoms with Crippen molar-refractivity contribution in [2.45, 2.75) is 31.7 Å². The van der Waals surface area contributed by atoms with E-state index in [1.165, 1.54) is 49.8 Å². The molecule has 2 fully saturated rings. The Morgan fingerprint density at radius 2 is 1.72 bits per heavy atom. The number of methoxy groups -OCH3 is 1. The molecule has 2 aromatic carbocycles. The predicted molar refractivity (Wildman–Crippen MR) is 168 cm³/mol. The molecule has 2 saturated heterocycles. The average molecular weight is 561 g/mol. The minimum absolute atomic E-state index is 0.254. The molecule has 2 aliphatic rings. The number of piperidine rings is 1. The van der Waals surface area contributed by atoms with Gasteiger partial charge >= 0.3 is 0 Å². The third-order valence-electron chi connectivity index (χ3n) is 7.86. The molecule has 2 N–H and O–H groups in total. The number of hydrogen-bond donors (Lipinski definition) is 2. The van der Waals surface area contributed by atoms with Crippen LogP contribution in [0.5, 0.6) is 5.75 Å². The molecule has 0 saturated carbocycles. The van der Waals surface area contributed by atoms with Gasteiger partial charge in [-0.05, 0) is 87.1 Å². The van der Waals surface area contributed by atoms with Crippen LogP contribution in [0.3, 0.4) is 0 Å². The van der Waals surface area contributed by atoms with Crippen molar-refractivity contribution >= 4 is 63.6 Å². The molecule has 9 heteroatoms. The van der Waals surface area contributed by atoms with E-state index in [0.29, 0.717) is 5.95 Å². The Bertz CT molecular complexity index is 1430. The maximum atomic E-state index is 5.83. The first-order valence-electron chi connectivity index (χ1n) is 13.8. The van der Waals surface area contributed by atoms with E-state index in [2.05, 4.69) is 81.6 Å². The third-order valence-corrected chi connectivity index (χ3v) is 10.1. The van der Waals surface area contributed by atoms with Crippen molar-refractivity contribution in [2.75, 3.05) is 62.2 Å². The molecule has 4 heterocycles. The topological polar surface area (TPSA) is 65.6 Å². The fraction of sp³-hybridized carbons (Fsp3) is 0.400. The highest BCUT2D eigenvalue weighted by Crippen LogP contribution is 2.36. The first-order chi connectivity index (χ1) is 19.1. The van der Waals surface area contributed by atoms with Crippen LogP contribution in [0.4, 0.5) is 28.8 Å². The van der Waals surface area contributed by atoms with E-state index in [9.17, 15) is 0 Å². The van der Waals surface area contributed by atoms with E-state index in [1.54, 1.807) is 18.4 Å². The van der Waals surface area contributed by atoms with Crippen LogP contribution in [0.2, 0.25) is 0 Å². The highest BCUT2D eigenvalue weighted by molar-refractivity contribution is 7.64. The van der Waals surface area contributed by atoms with E-state index in [1.807, 2.05) is 6.07 Å². The molecule has 0 atom stereocenters. The van der Waals surface area contributed by atoms with E-state index in [4.69, 9.17) is 14.7 Å². The largest absolute Gasteiger partial charge is 0.494 e. The van der Waals surface area contributed by atoms with Crippen molar-refractivity contribution < 1.29 is 4.74 Å². The fourth-order valence-corrected chi connectivity index (χ4v) is 7.57. The van der Waals surface area contributed by atoms with Gasteiger partial charge in [-0.25, -0.2) is 4.98 Å². The summed E-state index contributed by atoms with van der Waals surface area (Å²) in [6, 6.07) is 17.7.